The van der Waals surface area contributed by atoms with Crippen molar-refractivity contribution in [2.75, 3.05) is 19.7 Å². The van der Waals surface area contributed by atoms with E-state index < -0.39 is 0 Å². The minimum Gasteiger partial charge on any atom is -0.463 e. The first-order valence-corrected chi connectivity index (χ1v) is 7.86. The summed E-state index contributed by atoms with van der Waals surface area (Å²) in [5.74, 6) is 2.09. The SMILES string of the molecule is CCCNCc1ccc(CN2CC(C)OCC2CC)o1. The molecule has 20 heavy (non-hydrogen) atoms. The monoisotopic (exact) mass is 280 g/mol. The highest BCUT2D eigenvalue weighted by molar-refractivity contribution is 5.07. The fourth-order valence-electron chi connectivity index (χ4n) is 2.67. The minimum atomic E-state index is 0.318. The van der Waals surface area contributed by atoms with Crippen LogP contribution in [0.1, 0.15) is 45.1 Å². The van der Waals surface area contributed by atoms with Crippen molar-refractivity contribution in [2.24, 2.45) is 0 Å². The molecule has 2 heterocycles. The van der Waals surface area contributed by atoms with Crippen LogP contribution < -0.4 is 5.32 Å². The molecular weight excluding hydrogens is 252 g/mol. The molecule has 1 aromatic rings. The number of furan rings is 1. The van der Waals surface area contributed by atoms with Crippen molar-refractivity contribution < 1.29 is 9.15 Å². The second kappa shape index (κ2) is 7.81. The molecule has 4 heteroatoms. The fourth-order valence-corrected chi connectivity index (χ4v) is 2.67. The van der Waals surface area contributed by atoms with E-state index in [0.717, 1.165) is 57.1 Å². The molecule has 1 N–H and O–H groups in total. The number of rotatable bonds is 7. The predicted octanol–water partition coefficient (Wildman–Crippen LogP) is 2.78. The van der Waals surface area contributed by atoms with Gasteiger partial charge in [-0.05, 0) is 38.4 Å². The lowest BCUT2D eigenvalue weighted by Gasteiger charge is -2.37. The van der Waals surface area contributed by atoms with Gasteiger partial charge in [0.05, 0.1) is 25.8 Å². The summed E-state index contributed by atoms with van der Waals surface area (Å²) in [5, 5.41) is 3.37. The van der Waals surface area contributed by atoms with E-state index in [1.807, 2.05) is 0 Å². The van der Waals surface area contributed by atoms with Gasteiger partial charge < -0.3 is 14.5 Å². The first-order chi connectivity index (χ1) is 9.72. The van der Waals surface area contributed by atoms with E-state index in [9.17, 15) is 0 Å². The van der Waals surface area contributed by atoms with Crippen LogP contribution in [0.25, 0.3) is 0 Å². The molecule has 0 aromatic carbocycles. The Labute approximate surface area is 122 Å². The van der Waals surface area contributed by atoms with E-state index in [0.29, 0.717) is 12.1 Å². The molecule has 0 radical (unpaired) electrons. The third kappa shape index (κ3) is 4.33. The summed E-state index contributed by atoms with van der Waals surface area (Å²) in [4.78, 5) is 2.48. The molecule has 1 saturated heterocycles. The van der Waals surface area contributed by atoms with Gasteiger partial charge in [0.2, 0.25) is 0 Å². The normalized spacial score (nSPS) is 24.1. The highest BCUT2D eigenvalue weighted by atomic mass is 16.5. The number of nitrogens with one attached hydrogen (secondary N) is 1. The molecule has 1 fully saturated rings. The standard InChI is InChI=1S/C16H28N2O2/c1-4-8-17-9-15-6-7-16(20-15)11-18-10-13(3)19-12-14(18)5-2/h6-7,13-14,17H,4-5,8-12H2,1-3H3. The lowest BCUT2D eigenvalue weighted by atomic mass is 10.1. The summed E-state index contributed by atoms with van der Waals surface area (Å²) < 4.78 is 11.7. The van der Waals surface area contributed by atoms with Crippen molar-refractivity contribution in [3.63, 3.8) is 0 Å². The van der Waals surface area contributed by atoms with Crippen LogP contribution in [0, 0.1) is 0 Å². The maximum absolute atomic E-state index is 5.92. The van der Waals surface area contributed by atoms with Gasteiger partial charge in [-0.25, -0.2) is 0 Å². The zero-order valence-electron chi connectivity index (χ0n) is 13.0. The molecule has 2 atom stereocenters. The second-order valence-electron chi connectivity index (χ2n) is 5.68. The van der Waals surface area contributed by atoms with Crippen molar-refractivity contribution >= 4 is 0 Å². The summed E-state index contributed by atoms with van der Waals surface area (Å²) in [6.07, 6.45) is 2.59. The largest absolute Gasteiger partial charge is 0.463 e. The van der Waals surface area contributed by atoms with Gasteiger partial charge in [0.15, 0.2) is 0 Å². The summed E-state index contributed by atoms with van der Waals surface area (Å²) >= 11 is 0. The van der Waals surface area contributed by atoms with Crippen molar-refractivity contribution in [3.05, 3.63) is 23.7 Å². The van der Waals surface area contributed by atoms with Gasteiger partial charge >= 0.3 is 0 Å². The minimum absolute atomic E-state index is 0.318. The Bertz CT molecular complexity index is 392. The molecule has 0 bridgehead atoms. The number of nitrogens with zero attached hydrogens (tertiary/aromatic N) is 1. The zero-order valence-corrected chi connectivity index (χ0v) is 13.0. The maximum Gasteiger partial charge on any atom is 0.118 e. The topological polar surface area (TPSA) is 37.6 Å². The van der Waals surface area contributed by atoms with E-state index in [2.05, 4.69) is 43.1 Å². The Morgan fingerprint density at radius 1 is 1.30 bits per heavy atom. The Kier molecular flexibility index (Phi) is 6.07. The van der Waals surface area contributed by atoms with Gasteiger partial charge in [0.1, 0.15) is 11.5 Å². The van der Waals surface area contributed by atoms with E-state index in [1.165, 1.54) is 0 Å². The molecule has 0 saturated carbocycles. The zero-order chi connectivity index (χ0) is 14.4. The Morgan fingerprint density at radius 3 is 2.85 bits per heavy atom. The molecular formula is C16H28N2O2. The van der Waals surface area contributed by atoms with Gasteiger partial charge in [-0.2, -0.15) is 0 Å². The number of hydrogen-bond donors (Lipinski definition) is 1. The molecule has 4 nitrogen and oxygen atoms in total. The average molecular weight is 280 g/mol. The Hall–Kier alpha value is -0.840. The average Bonchev–Trinajstić information content (AvgIpc) is 2.87. The van der Waals surface area contributed by atoms with Crippen molar-refractivity contribution in [1.29, 1.82) is 0 Å². The summed E-state index contributed by atoms with van der Waals surface area (Å²) in [5.41, 5.74) is 0. The van der Waals surface area contributed by atoms with Crippen LogP contribution in [0.15, 0.2) is 16.5 Å². The lowest BCUT2D eigenvalue weighted by molar-refractivity contribution is -0.0611. The second-order valence-corrected chi connectivity index (χ2v) is 5.68. The molecule has 114 valence electrons. The van der Waals surface area contributed by atoms with Gasteiger partial charge in [-0.3, -0.25) is 4.90 Å². The van der Waals surface area contributed by atoms with Crippen LogP contribution in [0.4, 0.5) is 0 Å². The summed E-state index contributed by atoms with van der Waals surface area (Å²) in [6.45, 7) is 11.1. The third-order valence-electron chi connectivity index (χ3n) is 3.85. The lowest BCUT2D eigenvalue weighted by Crippen LogP contribution is -2.47. The van der Waals surface area contributed by atoms with E-state index in [4.69, 9.17) is 9.15 Å². The van der Waals surface area contributed by atoms with Gasteiger partial charge in [-0.1, -0.05) is 13.8 Å². The maximum atomic E-state index is 5.92. The van der Waals surface area contributed by atoms with Crippen LogP contribution in [0.2, 0.25) is 0 Å². The molecule has 0 aliphatic carbocycles. The van der Waals surface area contributed by atoms with Crippen molar-refractivity contribution in [2.45, 2.75) is 58.8 Å². The number of ether oxygens (including phenoxy) is 1. The predicted molar refractivity (Wildman–Crippen MR) is 80.6 cm³/mol. The first kappa shape index (κ1) is 15.5. The molecule has 1 aromatic heterocycles. The van der Waals surface area contributed by atoms with Gasteiger partial charge in [0, 0.05) is 12.6 Å². The molecule has 0 spiro atoms. The van der Waals surface area contributed by atoms with Crippen molar-refractivity contribution in [3.8, 4) is 0 Å². The van der Waals surface area contributed by atoms with Crippen LogP contribution in [0.3, 0.4) is 0 Å². The first-order valence-electron chi connectivity index (χ1n) is 7.86. The summed E-state index contributed by atoms with van der Waals surface area (Å²) in [6, 6.07) is 4.71. The van der Waals surface area contributed by atoms with Gasteiger partial charge in [-0.15, -0.1) is 0 Å². The molecule has 1 aliphatic heterocycles. The Balaban J connectivity index is 1.88. The summed E-state index contributed by atoms with van der Waals surface area (Å²) in [7, 11) is 0. The van der Waals surface area contributed by atoms with E-state index in [1.54, 1.807) is 0 Å². The number of morpholine rings is 1. The Morgan fingerprint density at radius 2 is 2.10 bits per heavy atom. The fraction of sp³-hybridized carbons (Fsp3) is 0.750. The smallest absolute Gasteiger partial charge is 0.118 e. The van der Waals surface area contributed by atoms with E-state index >= 15 is 0 Å². The molecule has 1 aliphatic rings. The van der Waals surface area contributed by atoms with Crippen LogP contribution in [-0.4, -0.2) is 36.7 Å². The van der Waals surface area contributed by atoms with Crippen LogP contribution in [0.5, 0.6) is 0 Å². The van der Waals surface area contributed by atoms with Crippen LogP contribution in [-0.2, 0) is 17.8 Å². The van der Waals surface area contributed by atoms with Crippen molar-refractivity contribution in [1.82, 2.24) is 10.2 Å². The highest BCUT2D eigenvalue weighted by Crippen LogP contribution is 2.19. The molecule has 2 rings (SSSR count). The van der Waals surface area contributed by atoms with Gasteiger partial charge in [0.25, 0.3) is 0 Å². The third-order valence-corrected chi connectivity index (χ3v) is 3.85. The quantitative estimate of drug-likeness (QED) is 0.779. The highest BCUT2D eigenvalue weighted by Gasteiger charge is 2.26. The number of hydrogen-bond acceptors (Lipinski definition) is 4. The molecule has 2 unspecified atom stereocenters. The molecule has 0 amide bonds. The van der Waals surface area contributed by atoms with E-state index in [-0.39, 0.29) is 0 Å². The van der Waals surface area contributed by atoms with Crippen LogP contribution >= 0.6 is 0 Å².